The molecule has 17 heteroatoms. The molecule has 0 aliphatic heterocycles. The number of carboxylic acid groups (broad SMARTS) is 1. The fourth-order valence-corrected chi connectivity index (χ4v) is 2.28. The van der Waals surface area contributed by atoms with Crippen molar-refractivity contribution in [1.82, 2.24) is 41.9 Å². The molecular formula is C18H27N9O8. The van der Waals surface area contributed by atoms with Crippen molar-refractivity contribution in [1.29, 1.82) is 0 Å². The standard InChI is InChI=1S/C18H27N9O8/c19-2-12(28)21-4-13(29)22-5-14(30)23-6-15(31)24-7-16(32)25-8-17(33)27-11(18(34)35)1-10-3-20-9-26-10/h3,9,11H,1-2,4-8,19H2,(H,20,26)(H,21,28)(H,22,29)(H,23,30)(H,24,31)(H,25,32)(H,27,33)(H,34,35)/t11-/m0/s1. The zero-order valence-electron chi connectivity index (χ0n) is 18.5. The van der Waals surface area contributed by atoms with Crippen molar-refractivity contribution in [2.75, 3.05) is 39.3 Å². The lowest BCUT2D eigenvalue weighted by molar-refractivity contribution is -0.141. The Morgan fingerprint density at radius 3 is 1.57 bits per heavy atom. The molecular weight excluding hydrogens is 470 g/mol. The van der Waals surface area contributed by atoms with Crippen molar-refractivity contribution in [3.05, 3.63) is 18.2 Å². The molecule has 10 N–H and O–H groups in total. The van der Waals surface area contributed by atoms with Crippen LogP contribution in [0.4, 0.5) is 0 Å². The maximum atomic E-state index is 11.9. The zero-order valence-corrected chi connectivity index (χ0v) is 18.5. The number of hydrogen-bond acceptors (Lipinski definition) is 9. The van der Waals surface area contributed by atoms with Gasteiger partial charge in [-0.05, 0) is 0 Å². The Balaban J connectivity index is 2.20. The summed E-state index contributed by atoms with van der Waals surface area (Å²) in [7, 11) is 0. The highest BCUT2D eigenvalue weighted by molar-refractivity contribution is 5.92. The molecule has 1 rings (SSSR count). The third-order valence-corrected chi connectivity index (χ3v) is 4.03. The van der Waals surface area contributed by atoms with Crippen molar-refractivity contribution in [3.63, 3.8) is 0 Å². The maximum absolute atomic E-state index is 11.9. The molecule has 1 aromatic rings. The molecule has 35 heavy (non-hydrogen) atoms. The SMILES string of the molecule is NCC(=O)NCC(=O)NCC(=O)NCC(=O)NCC(=O)NCC(=O)N[C@@H](Cc1cnc[nH]1)C(=O)O. The number of hydrogen-bond donors (Lipinski definition) is 9. The number of imidazole rings is 1. The minimum atomic E-state index is -1.27. The van der Waals surface area contributed by atoms with Gasteiger partial charge in [0.25, 0.3) is 0 Å². The van der Waals surface area contributed by atoms with Crippen LogP contribution < -0.4 is 37.6 Å². The second kappa shape index (κ2) is 15.3. The number of aromatic nitrogens is 2. The molecule has 0 unspecified atom stereocenters. The van der Waals surface area contributed by atoms with Crippen molar-refractivity contribution in [2.24, 2.45) is 5.73 Å². The third-order valence-electron chi connectivity index (χ3n) is 4.03. The van der Waals surface area contributed by atoms with Gasteiger partial charge in [-0.2, -0.15) is 0 Å². The molecule has 17 nitrogen and oxygen atoms in total. The lowest BCUT2D eigenvalue weighted by Crippen LogP contribution is -2.48. The monoisotopic (exact) mass is 497 g/mol. The normalized spacial score (nSPS) is 10.9. The summed E-state index contributed by atoms with van der Waals surface area (Å²) in [5, 5.41) is 22.5. The topological polar surface area (TPSA) is 267 Å². The van der Waals surface area contributed by atoms with Gasteiger partial charge < -0.3 is 47.7 Å². The predicted molar refractivity (Wildman–Crippen MR) is 116 cm³/mol. The molecule has 0 bridgehead atoms. The zero-order chi connectivity index (χ0) is 26.2. The summed E-state index contributed by atoms with van der Waals surface area (Å²) in [6, 6.07) is -1.24. The van der Waals surface area contributed by atoms with Gasteiger partial charge in [-0.3, -0.25) is 28.8 Å². The fraction of sp³-hybridized carbons (Fsp3) is 0.444. The minimum absolute atomic E-state index is 0.0364. The van der Waals surface area contributed by atoms with E-state index < -0.39 is 73.6 Å². The van der Waals surface area contributed by atoms with E-state index in [2.05, 4.69) is 41.9 Å². The minimum Gasteiger partial charge on any atom is -0.480 e. The molecule has 0 aliphatic rings. The van der Waals surface area contributed by atoms with Crippen molar-refractivity contribution >= 4 is 41.4 Å². The van der Waals surface area contributed by atoms with E-state index >= 15 is 0 Å². The third kappa shape index (κ3) is 12.9. The van der Waals surface area contributed by atoms with Crippen LogP contribution in [0.2, 0.25) is 0 Å². The van der Waals surface area contributed by atoms with Crippen molar-refractivity contribution in [3.8, 4) is 0 Å². The summed E-state index contributed by atoms with van der Waals surface area (Å²) in [6.45, 7) is -2.61. The van der Waals surface area contributed by atoms with Crippen LogP contribution in [0.15, 0.2) is 12.5 Å². The van der Waals surface area contributed by atoms with Gasteiger partial charge in [0.2, 0.25) is 35.4 Å². The smallest absolute Gasteiger partial charge is 0.326 e. The summed E-state index contributed by atoms with van der Waals surface area (Å²) in [5.74, 6) is -5.34. The number of rotatable bonds is 15. The van der Waals surface area contributed by atoms with E-state index in [1.165, 1.54) is 12.5 Å². The van der Waals surface area contributed by atoms with Crippen LogP contribution in [-0.2, 0) is 40.0 Å². The van der Waals surface area contributed by atoms with Gasteiger partial charge >= 0.3 is 5.97 Å². The number of nitrogens with one attached hydrogen (secondary N) is 7. The molecule has 0 radical (unpaired) electrons. The molecule has 192 valence electrons. The quantitative estimate of drug-likeness (QED) is 0.111. The van der Waals surface area contributed by atoms with Crippen LogP contribution in [0.25, 0.3) is 0 Å². The average Bonchev–Trinajstić information content (AvgIpc) is 3.34. The fourth-order valence-electron chi connectivity index (χ4n) is 2.28. The molecule has 0 spiro atoms. The molecule has 6 amide bonds. The first-order chi connectivity index (χ1) is 16.6. The van der Waals surface area contributed by atoms with Crippen LogP contribution in [-0.4, -0.2) is 102 Å². The van der Waals surface area contributed by atoms with E-state index in [4.69, 9.17) is 5.73 Å². The highest BCUT2D eigenvalue weighted by atomic mass is 16.4. The Morgan fingerprint density at radius 2 is 1.20 bits per heavy atom. The first kappa shape index (κ1) is 28.5. The largest absolute Gasteiger partial charge is 0.480 e. The van der Waals surface area contributed by atoms with Crippen LogP contribution >= 0.6 is 0 Å². The Kier molecular flexibility index (Phi) is 12.5. The molecule has 0 fully saturated rings. The first-order valence-electron chi connectivity index (χ1n) is 10.1. The Bertz CT molecular complexity index is 919. The lowest BCUT2D eigenvalue weighted by atomic mass is 10.1. The molecule has 1 aromatic heterocycles. The predicted octanol–water partition coefficient (Wildman–Crippen LogP) is -5.94. The van der Waals surface area contributed by atoms with E-state index in [-0.39, 0.29) is 19.5 Å². The number of amides is 6. The van der Waals surface area contributed by atoms with Crippen LogP contribution in [0, 0.1) is 0 Å². The van der Waals surface area contributed by atoms with Gasteiger partial charge in [0, 0.05) is 18.3 Å². The maximum Gasteiger partial charge on any atom is 0.326 e. The second-order valence-electron chi connectivity index (χ2n) is 6.83. The number of H-pyrrole nitrogens is 1. The summed E-state index contributed by atoms with van der Waals surface area (Å²) in [5.41, 5.74) is 5.55. The number of nitrogens with two attached hydrogens (primary N) is 1. The molecule has 0 aliphatic carbocycles. The summed E-state index contributed by atoms with van der Waals surface area (Å²) < 4.78 is 0. The Labute approximate surface area is 198 Å². The summed E-state index contributed by atoms with van der Waals surface area (Å²) >= 11 is 0. The van der Waals surface area contributed by atoms with Gasteiger partial charge in [-0.15, -0.1) is 0 Å². The average molecular weight is 497 g/mol. The Hall–Kier alpha value is -4.54. The van der Waals surface area contributed by atoms with Gasteiger partial charge in [0.05, 0.1) is 45.6 Å². The van der Waals surface area contributed by atoms with Crippen LogP contribution in [0.1, 0.15) is 5.69 Å². The highest BCUT2D eigenvalue weighted by Crippen LogP contribution is 1.98. The number of carbonyl (C=O) groups is 7. The first-order valence-corrected chi connectivity index (χ1v) is 10.1. The van der Waals surface area contributed by atoms with E-state index in [1.807, 2.05) is 0 Å². The number of nitrogens with zero attached hydrogens (tertiary/aromatic N) is 1. The van der Waals surface area contributed by atoms with Crippen molar-refractivity contribution < 1.29 is 38.7 Å². The molecule has 0 saturated carbocycles. The molecule has 0 saturated heterocycles. The van der Waals surface area contributed by atoms with Gasteiger partial charge in [0.15, 0.2) is 0 Å². The molecule has 1 atom stereocenters. The second-order valence-corrected chi connectivity index (χ2v) is 6.83. The van der Waals surface area contributed by atoms with E-state index in [0.717, 1.165) is 0 Å². The van der Waals surface area contributed by atoms with E-state index in [0.29, 0.717) is 5.69 Å². The Morgan fingerprint density at radius 1 is 0.771 bits per heavy atom. The number of aliphatic carboxylic acids is 1. The van der Waals surface area contributed by atoms with Gasteiger partial charge in [-0.1, -0.05) is 0 Å². The highest BCUT2D eigenvalue weighted by Gasteiger charge is 2.21. The van der Waals surface area contributed by atoms with Crippen LogP contribution in [0.3, 0.4) is 0 Å². The summed E-state index contributed by atoms with van der Waals surface area (Å²) in [4.78, 5) is 87.1. The number of carboxylic acids is 1. The lowest BCUT2D eigenvalue weighted by Gasteiger charge is -2.14. The number of aromatic amines is 1. The van der Waals surface area contributed by atoms with E-state index in [9.17, 15) is 38.7 Å². The van der Waals surface area contributed by atoms with Gasteiger partial charge in [0.1, 0.15) is 6.04 Å². The van der Waals surface area contributed by atoms with Gasteiger partial charge in [-0.25, -0.2) is 9.78 Å². The summed E-state index contributed by atoms with van der Waals surface area (Å²) in [6.07, 6.45) is 2.74. The van der Waals surface area contributed by atoms with Crippen LogP contribution in [0.5, 0.6) is 0 Å². The number of carbonyl (C=O) groups excluding carboxylic acids is 6. The van der Waals surface area contributed by atoms with Crippen molar-refractivity contribution in [2.45, 2.75) is 12.5 Å². The van der Waals surface area contributed by atoms with E-state index in [1.54, 1.807) is 0 Å². The molecule has 1 heterocycles. The molecule has 0 aromatic carbocycles.